The number of hydrogen-bond acceptors (Lipinski definition) is 6. The minimum Gasteiger partial charge on any atom is -0.497 e. The molecular weight excluding hydrogens is 340 g/mol. The van der Waals surface area contributed by atoms with E-state index in [0.29, 0.717) is 11.3 Å². The Bertz CT molecular complexity index is 938. The Kier molecular flexibility index (Phi) is 3.82. The van der Waals surface area contributed by atoms with Crippen LogP contribution in [-0.2, 0) is 10.0 Å². The zero-order valence-corrected chi connectivity index (χ0v) is 13.4. The van der Waals surface area contributed by atoms with Gasteiger partial charge in [-0.05, 0) is 24.3 Å². The Morgan fingerprint density at radius 1 is 1.22 bits per heavy atom. The monoisotopic (exact) mass is 350 g/mol. The number of nitro groups is 1. The lowest BCUT2D eigenvalue weighted by molar-refractivity contribution is -0.385. The number of methoxy groups -OCH3 is 1. The molecule has 1 aliphatic heterocycles. The Morgan fingerprint density at radius 2 is 2.00 bits per heavy atom. The van der Waals surface area contributed by atoms with Gasteiger partial charge in [-0.3, -0.25) is 10.1 Å². The van der Waals surface area contributed by atoms with Crippen LogP contribution in [-0.4, -0.2) is 25.5 Å². The van der Waals surface area contributed by atoms with E-state index in [1.165, 1.54) is 19.2 Å². The van der Waals surface area contributed by atoms with E-state index in [4.69, 9.17) is 4.74 Å². The summed E-state index contributed by atoms with van der Waals surface area (Å²) in [5.41, 5.74) is 0.0820. The first-order valence-corrected chi connectivity index (χ1v) is 8.62. The molecule has 7 nitrogen and oxygen atoms in total. The van der Waals surface area contributed by atoms with Crippen molar-refractivity contribution in [2.24, 2.45) is 4.40 Å². The van der Waals surface area contributed by atoms with Crippen LogP contribution in [0.1, 0.15) is 5.56 Å². The van der Waals surface area contributed by atoms with Crippen LogP contribution >= 0.6 is 11.8 Å². The second-order valence-corrected chi connectivity index (χ2v) is 7.22. The summed E-state index contributed by atoms with van der Waals surface area (Å²) in [6.45, 7) is 0. The molecular formula is C14H10N2O5S2. The van der Waals surface area contributed by atoms with Gasteiger partial charge in [-0.15, -0.1) is 0 Å². The third-order valence-electron chi connectivity index (χ3n) is 3.14. The van der Waals surface area contributed by atoms with Crippen LogP contribution in [0.2, 0.25) is 0 Å². The van der Waals surface area contributed by atoms with E-state index in [9.17, 15) is 18.5 Å². The maximum Gasteiger partial charge on any atom is 0.284 e. The summed E-state index contributed by atoms with van der Waals surface area (Å²) in [5.74, 6) is 0.639. The fourth-order valence-electron chi connectivity index (χ4n) is 2.07. The maximum absolute atomic E-state index is 12.1. The first-order chi connectivity index (χ1) is 10.9. The molecule has 0 saturated heterocycles. The van der Waals surface area contributed by atoms with E-state index >= 15 is 0 Å². The lowest BCUT2D eigenvalue weighted by Gasteiger charge is -2.04. The molecule has 0 fully saturated rings. The highest BCUT2D eigenvalue weighted by Gasteiger charge is 2.31. The molecule has 0 amide bonds. The SMILES string of the molecule is COc1cccc(SC2=NS(=O)(=O)c3cc([N+](=O)[O-])ccc32)c1. The van der Waals surface area contributed by atoms with E-state index < -0.39 is 14.9 Å². The fourth-order valence-corrected chi connectivity index (χ4v) is 4.54. The lowest BCUT2D eigenvalue weighted by atomic mass is 10.2. The molecule has 9 heteroatoms. The third-order valence-corrected chi connectivity index (χ3v) is 5.57. The molecule has 0 N–H and O–H groups in total. The summed E-state index contributed by atoms with van der Waals surface area (Å²) >= 11 is 1.16. The molecule has 0 aromatic heterocycles. The van der Waals surface area contributed by atoms with Gasteiger partial charge in [0.15, 0.2) is 0 Å². The Morgan fingerprint density at radius 3 is 2.70 bits per heavy atom. The van der Waals surface area contributed by atoms with Gasteiger partial charge in [0, 0.05) is 22.6 Å². The molecule has 3 rings (SSSR count). The van der Waals surface area contributed by atoms with E-state index in [1.54, 1.807) is 24.3 Å². The Hall–Kier alpha value is -2.39. The number of sulfonamides is 1. The van der Waals surface area contributed by atoms with Crippen LogP contribution in [0.4, 0.5) is 5.69 Å². The second kappa shape index (κ2) is 5.67. The third kappa shape index (κ3) is 2.92. The van der Waals surface area contributed by atoms with Crippen molar-refractivity contribution >= 4 is 32.5 Å². The molecule has 1 aliphatic rings. The van der Waals surface area contributed by atoms with Gasteiger partial charge in [-0.1, -0.05) is 17.8 Å². The molecule has 0 unspecified atom stereocenters. The van der Waals surface area contributed by atoms with Crippen LogP contribution in [0.3, 0.4) is 0 Å². The van der Waals surface area contributed by atoms with Gasteiger partial charge in [-0.25, -0.2) is 0 Å². The summed E-state index contributed by atoms with van der Waals surface area (Å²) in [5, 5.41) is 11.1. The minimum absolute atomic E-state index is 0.142. The molecule has 2 aromatic rings. The highest BCUT2D eigenvalue weighted by atomic mass is 32.2. The van der Waals surface area contributed by atoms with Crippen molar-refractivity contribution in [3.63, 3.8) is 0 Å². The summed E-state index contributed by atoms with van der Waals surface area (Å²) < 4.78 is 33.1. The largest absolute Gasteiger partial charge is 0.497 e. The maximum atomic E-state index is 12.1. The van der Waals surface area contributed by atoms with Crippen LogP contribution < -0.4 is 4.74 Å². The Balaban J connectivity index is 2.02. The van der Waals surface area contributed by atoms with Gasteiger partial charge in [0.05, 0.1) is 12.0 Å². The zero-order valence-electron chi connectivity index (χ0n) is 11.8. The summed E-state index contributed by atoms with van der Waals surface area (Å²) in [7, 11) is -2.38. The van der Waals surface area contributed by atoms with Gasteiger partial charge in [-0.2, -0.15) is 12.8 Å². The number of benzene rings is 2. The molecule has 23 heavy (non-hydrogen) atoms. The van der Waals surface area contributed by atoms with Gasteiger partial charge in [0.2, 0.25) is 0 Å². The average Bonchev–Trinajstić information content (AvgIpc) is 2.78. The average molecular weight is 350 g/mol. The molecule has 0 aliphatic carbocycles. The normalized spacial score (nSPS) is 14.9. The summed E-state index contributed by atoms with van der Waals surface area (Å²) in [6, 6.07) is 10.8. The number of rotatable bonds is 3. The van der Waals surface area contributed by atoms with E-state index in [1.807, 2.05) is 0 Å². The number of fused-ring (bicyclic) bond motifs is 1. The number of non-ortho nitro benzene ring substituents is 1. The number of ether oxygens (including phenoxy) is 1. The summed E-state index contributed by atoms with van der Waals surface area (Å²) in [4.78, 5) is 10.8. The van der Waals surface area contributed by atoms with Crippen LogP contribution in [0.15, 0.2) is 56.7 Å². The standard InChI is InChI=1S/C14H10N2O5S2/c1-21-10-3-2-4-11(8-10)22-14-12-6-5-9(16(17)18)7-13(12)23(19,20)15-14/h2-8H,1H3. The van der Waals surface area contributed by atoms with Crippen molar-refractivity contribution in [2.75, 3.05) is 7.11 Å². The fraction of sp³-hybridized carbons (Fsp3) is 0.0714. The van der Waals surface area contributed by atoms with Gasteiger partial charge < -0.3 is 4.74 Å². The van der Waals surface area contributed by atoms with Crippen molar-refractivity contribution in [3.8, 4) is 5.75 Å². The minimum atomic E-state index is -3.92. The molecule has 0 radical (unpaired) electrons. The number of nitrogens with zero attached hydrogens (tertiary/aromatic N) is 2. The molecule has 0 bridgehead atoms. The molecule has 0 spiro atoms. The topological polar surface area (TPSA) is 98.9 Å². The number of thioether (sulfide) groups is 1. The number of hydrogen-bond donors (Lipinski definition) is 0. The molecule has 0 saturated carbocycles. The Labute approximate surface area is 136 Å². The van der Waals surface area contributed by atoms with E-state index in [2.05, 4.69) is 4.40 Å². The van der Waals surface area contributed by atoms with Gasteiger partial charge in [0.25, 0.3) is 15.7 Å². The zero-order chi connectivity index (χ0) is 16.6. The first kappa shape index (κ1) is 15.5. The highest BCUT2D eigenvalue weighted by Crippen LogP contribution is 2.36. The van der Waals surface area contributed by atoms with Crippen molar-refractivity contribution in [1.82, 2.24) is 0 Å². The number of nitro benzene ring substituents is 1. The van der Waals surface area contributed by atoms with Gasteiger partial charge in [0.1, 0.15) is 15.7 Å². The first-order valence-electron chi connectivity index (χ1n) is 6.36. The van der Waals surface area contributed by atoms with Crippen LogP contribution in [0.5, 0.6) is 5.75 Å². The van der Waals surface area contributed by atoms with Crippen molar-refractivity contribution in [2.45, 2.75) is 9.79 Å². The lowest BCUT2D eigenvalue weighted by Crippen LogP contribution is -1.97. The van der Waals surface area contributed by atoms with Crippen molar-refractivity contribution < 1.29 is 18.1 Å². The predicted molar refractivity (Wildman–Crippen MR) is 85.7 cm³/mol. The molecule has 2 aromatic carbocycles. The highest BCUT2D eigenvalue weighted by molar-refractivity contribution is 8.15. The summed E-state index contributed by atoms with van der Waals surface area (Å²) in [6.07, 6.45) is 0. The molecule has 1 heterocycles. The van der Waals surface area contributed by atoms with Crippen molar-refractivity contribution in [3.05, 3.63) is 58.1 Å². The van der Waals surface area contributed by atoms with E-state index in [0.717, 1.165) is 22.7 Å². The van der Waals surface area contributed by atoms with E-state index in [-0.39, 0.29) is 15.6 Å². The molecule has 0 atom stereocenters. The predicted octanol–water partition coefficient (Wildman–Crippen LogP) is 2.84. The van der Waals surface area contributed by atoms with Crippen LogP contribution in [0.25, 0.3) is 0 Å². The smallest absolute Gasteiger partial charge is 0.284 e. The quantitative estimate of drug-likeness (QED) is 0.623. The van der Waals surface area contributed by atoms with Crippen molar-refractivity contribution in [1.29, 1.82) is 0 Å². The van der Waals surface area contributed by atoms with Crippen LogP contribution in [0, 0.1) is 10.1 Å². The second-order valence-electron chi connectivity index (χ2n) is 4.59. The molecule has 118 valence electrons. The van der Waals surface area contributed by atoms with Gasteiger partial charge >= 0.3 is 0 Å².